The molecular formula is C21H40K2O4. The number of unbranched alkanes of at least 4 members (excludes halogenated alkanes) is 13. The third-order valence-corrected chi connectivity index (χ3v) is 4.31. The molecule has 6 heteroatoms. The molecule has 0 bridgehead atoms. The van der Waals surface area contributed by atoms with Crippen LogP contribution in [0.25, 0.3) is 0 Å². The van der Waals surface area contributed by atoms with Crippen LogP contribution in [-0.4, -0.2) is 17.0 Å². The van der Waals surface area contributed by atoms with Gasteiger partial charge < -0.3 is 12.7 Å². The minimum absolute atomic E-state index is 0. The van der Waals surface area contributed by atoms with Crippen molar-refractivity contribution in [1.29, 1.82) is 0 Å². The van der Waals surface area contributed by atoms with Gasteiger partial charge in [0.15, 0.2) is 0 Å². The molecule has 0 unspecified atom stereocenters. The third-order valence-electron chi connectivity index (χ3n) is 4.31. The van der Waals surface area contributed by atoms with E-state index in [-0.39, 0.29) is 118 Å². The summed E-state index contributed by atoms with van der Waals surface area (Å²) >= 11 is 0. The Morgan fingerprint density at radius 2 is 1.22 bits per heavy atom. The summed E-state index contributed by atoms with van der Waals surface area (Å²) in [4.78, 5) is 21.5. The van der Waals surface area contributed by atoms with E-state index >= 15 is 0 Å². The van der Waals surface area contributed by atoms with Crippen molar-refractivity contribution in [3.63, 3.8) is 0 Å². The van der Waals surface area contributed by atoms with Gasteiger partial charge in [-0.15, -0.1) is 0 Å². The van der Waals surface area contributed by atoms with Crippen molar-refractivity contribution >= 4 is 11.9 Å². The quantitative estimate of drug-likeness (QED) is 0.149. The van der Waals surface area contributed by atoms with Crippen molar-refractivity contribution in [1.82, 2.24) is 0 Å². The molecule has 1 N–H and O–H groups in total. The molecule has 0 saturated heterocycles. The van der Waals surface area contributed by atoms with E-state index in [1.807, 2.05) is 6.08 Å². The van der Waals surface area contributed by atoms with Gasteiger partial charge >= 0.3 is 115 Å². The second kappa shape index (κ2) is 28.0. The van der Waals surface area contributed by atoms with E-state index in [0.717, 1.165) is 12.8 Å². The number of esters is 1. The molecule has 0 aliphatic heterocycles. The summed E-state index contributed by atoms with van der Waals surface area (Å²) in [6, 6.07) is 0. The fourth-order valence-electron chi connectivity index (χ4n) is 2.74. The van der Waals surface area contributed by atoms with E-state index in [2.05, 4.69) is 6.92 Å². The van der Waals surface area contributed by atoms with Gasteiger partial charge in [0.05, 0.1) is 19.1 Å². The Morgan fingerprint density at radius 1 is 0.778 bits per heavy atom. The van der Waals surface area contributed by atoms with E-state index in [4.69, 9.17) is 9.84 Å². The summed E-state index contributed by atoms with van der Waals surface area (Å²) in [6.45, 7) is 2.26. The zero-order valence-electron chi connectivity index (χ0n) is 20.1. The average Bonchev–Trinajstić information content (AvgIpc) is 2.59. The molecule has 0 spiro atoms. The van der Waals surface area contributed by atoms with Gasteiger partial charge in [-0.05, 0) is 18.9 Å². The van der Waals surface area contributed by atoms with Crippen LogP contribution >= 0.6 is 0 Å². The van der Waals surface area contributed by atoms with Gasteiger partial charge in [0.2, 0.25) is 0 Å². The number of carbonyl (C=O) groups is 2. The monoisotopic (exact) mass is 434 g/mol. The molecule has 0 atom stereocenters. The Bertz CT molecular complexity index is 371. The number of ether oxygens (including phenoxy) is 1. The van der Waals surface area contributed by atoms with Crippen LogP contribution in [0.2, 0.25) is 0 Å². The van der Waals surface area contributed by atoms with Crippen molar-refractivity contribution in [2.45, 2.75) is 110 Å². The fourth-order valence-corrected chi connectivity index (χ4v) is 2.74. The van der Waals surface area contributed by atoms with Crippen LogP contribution in [0.1, 0.15) is 113 Å². The largest absolute Gasteiger partial charge is 1.00 e. The van der Waals surface area contributed by atoms with E-state index in [1.165, 1.54) is 83.3 Å². The maximum Gasteiger partial charge on any atom is 1.00 e. The summed E-state index contributed by atoms with van der Waals surface area (Å²) in [5.74, 6) is -1.46. The fraction of sp³-hybridized carbons (Fsp3) is 0.810. The molecular weight excluding hydrogens is 394 g/mol. The molecule has 0 aromatic carbocycles. The number of carbonyl (C=O) groups excluding carboxylic acids is 1. The molecule has 0 heterocycles. The molecule has 0 fully saturated rings. The van der Waals surface area contributed by atoms with Crippen LogP contribution in [0.15, 0.2) is 12.3 Å². The van der Waals surface area contributed by atoms with Crippen molar-refractivity contribution < 1.29 is 125 Å². The van der Waals surface area contributed by atoms with Crippen LogP contribution in [0.4, 0.5) is 0 Å². The smallest absolute Gasteiger partial charge is 1.00 e. The van der Waals surface area contributed by atoms with E-state index in [1.54, 1.807) is 0 Å². The summed E-state index contributed by atoms with van der Waals surface area (Å²) in [7, 11) is 0. The Morgan fingerprint density at radius 3 is 1.67 bits per heavy atom. The maximum atomic E-state index is 11.2. The number of carboxylic acid groups (broad SMARTS) is 1. The Hall–Kier alpha value is 1.95. The van der Waals surface area contributed by atoms with Crippen molar-refractivity contribution in [3.05, 3.63) is 12.3 Å². The zero-order valence-corrected chi connectivity index (χ0v) is 24.4. The Kier molecular flexibility index (Phi) is 34.8. The molecule has 0 radical (unpaired) electrons. The normalized spacial score (nSPS) is 10.3. The van der Waals surface area contributed by atoms with Gasteiger partial charge in [-0.2, -0.15) is 0 Å². The summed E-state index contributed by atoms with van der Waals surface area (Å²) in [5, 5.41) is 8.45. The molecule has 0 saturated carbocycles. The van der Waals surface area contributed by atoms with Gasteiger partial charge in [-0.1, -0.05) is 84.0 Å². The van der Waals surface area contributed by atoms with Gasteiger partial charge in [0.25, 0.3) is 0 Å². The second-order valence-corrected chi connectivity index (χ2v) is 6.79. The zero-order chi connectivity index (χ0) is 18.6. The first kappa shape index (κ1) is 33.6. The molecule has 0 aromatic heterocycles. The van der Waals surface area contributed by atoms with Crippen molar-refractivity contribution in [2.75, 3.05) is 0 Å². The van der Waals surface area contributed by atoms with Crippen LogP contribution in [0.5, 0.6) is 0 Å². The molecule has 0 aromatic rings. The topological polar surface area (TPSA) is 63.6 Å². The number of rotatable bonds is 18. The number of allylic oxidation sites excluding steroid dienone is 1. The van der Waals surface area contributed by atoms with Crippen LogP contribution in [0.3, 0.4) is 0 Å². The SMILES string of the molecule is CCCCCCCCCCCCCCC/C=C/OC(=O)CCC(=O)O.[H-].[H-].[K+].[K+]. The van der Waals surface area contributed by atoms with Gasteiger partial charge in [0, 0.05) is 0 Å². The Labute approximate surface area is 254 Å². The van der Waals surface area contributed by atoms with E-state index < -0.39 is 11.9 Å². The molecule has 4 nitrogen and oxygen atoms in total. The van der Waals surface area contributed by atoms with E-state index in [9.17, 15) is 9.59 Å². The van der Waals surface area contributed by atoms with E-state index in [0.29, 0.717) is 0 Å². The van der Waals surface area contributed by atoms with Gasteiger partial charge in [0.1, 0.15) is 0 Å². The molecule has 0 aliphatic rings. The summed E-state index contributed by atoms with van der Waals surface area (Å²) in [6.07, 6.45) is 21.3. The maximum absolute atomic E-state index is 11.2. The first-order chi connectivity index (χ1) is 12.2. The predicted molar refractivity (Wildman–Crippen MR) is 105 cm³/mol. The molecule has 0 rings (SSSR count). The number of aliphatic carboxylic acids is 1. The molecule has 0 aliphatic carbocycles. The number of hydrogen-bond acceptors (Lipinski definition) is 3. The van der Waals surface area contributed by atoms with Crippen molar-refractivity contribution in [2.24, 2.45) is 0 Å². The first-order valence-electron chi connectivity index (χ1n) is 10.2. The van der Waals surface area contributed by atoms with Crippen molar-refractivity contribution in [3.8, 4) is 0 Å². The average molecular weight is 435 g/mol. The van der Waals surface area contributed by atoms with Crippen LogP contribution < -0.4 is 103 Å². The van der Waals surface area contributed by atoms with Gasteiger partial charge in [-0.25, -0.2) is 0 Å². The number of carboxylic acids is 1. The minimum atomic E-state index is -0.979. The van der Waals surface area contributed by atoms with Crippen LogP contribution in [0, 0.1) is 0 Å². The molecule has 0 amide bonds. The summed E-state index contributed by atoms with van der Waals surface area (Å²) < 4.78 is 4.82. The van der Waals surface area contributed by atoms with Gasteiger partial charge in [-0.3, -0.25) is 9.59 Å². The Balaban J connectivity index is -0.000000480. The number of hydrogen-bond donors (Lipinski definition) is 1. The standard InChI is InChI=1S/C21H38O4.2K.2H/c1-2-3-4-5-6-7-8-9-10-11-12-13-14-15-16-19-25-21(24)18-17-20(22)23;;;;/h16,19H,2-15,17-18H2,1H3,(H,22,23);;;;/q;2*+1;2*-1/b19-16+;;;;. The molecule has 27 heavy (non-hydrogen) atoms. The van der Waals surface area contributed by atoms with Crippen LogP contribution in [-0.2, 0) is 14.3 Å². The minimum Gasteiger partial charge on any atom is -1.00 e. The first-order valence-corrected chi connectivity index (χ1v) is 10.2. The summed E-state index contributed by atoms with van der Waals surface area (Å²) in [5.41, 5.74) is 0. The second-order valence-electron chi connectivity index (χ2n) is 6.79. The third kappa shape index (κ3) is 30.2. The predicted octanol–water partition coefficient (Wildman–Crippen LogP) is 0.622. The molecule has 150 valence electrons.